The summed E-state index contributed by atoms with van der Waals surface area (Å²) in [7, 11) is 0.238. The number of hydrogen-bond acceptors (Lipinski definition) is 6. The smallest absolute Gasteiger partial charge is 0.254 e. The molecular weight excluding hydrogens is 520 g/mol. The van der Waals surface area contributed by atoms with Gasteiger partial charge in [0, 0.05) is 31.2 Å². The molecule has 0 N–H and O–H groups in total. The molecule has 0 aromatic heterocycles. The summed E-state index contributed by atoms with van der Waals surface area (Å²) in [5, 5.41) is 0. The van der Waals surface area contributed by atoms with E-state index in [1.807, 2.05) is 19.2 Å². The van der Waals surface area contributed by atoms with E-state index in [4.69, 9.17) is 9.47 Å². The maximum absolute atomic E-state index is 13.1. The van der Waals surface area contributed by atoms with Crippen molar-refractivity contribution in [2.24, 2.45) is 22.1 Å². The largest absolute Gasteiger partial charge is 0.490 e. The van der Waals surface area contributed by atoms with Gasteiger partial charge in [0.15, 0.2) is 0 Å². The lowest BCUT2D eigenvalue weighted by Crippen LogP contribution is -2.49. The number of rotatable bonds is 1. The third-order valence-electron chi connectivity index (χ3n) is 9.58. The van der Waals surface area contributed by atoms with Gasteiger partial charge >= 0.3 is 0 Å². The molecule has 0 unspecified atom stereocenters. The molecule has 0 radical (unpaired) electrons. The van der Waals surface area contributed by atoms with E-state index in [0.717, 1.165) is 63.1 Å². The lowest BCUT2D eigenvalue weighted by atomic mass is 9.68. The van der Waals surface area contributed by atoms with Crippen molar-refractivity contribution in [2.75, 3.05) is 37.5 Å². The fraction of sp³-hybridized carbons (Fsp3) is 0.545. The molecule has 1 spiro atoms. The second-order valence-electron chi connectivity index (χ2n) is 12.5. The van der Waals surface area contributed by atoms with Crippen LogP contribution in [-0.4, -0.2) is 44.6 Å². The normalized spacial score (nSPS) is 31.7. The molecule has 2 aromatic carbocycles. The van der Waals surface area contributed by atoms with E-state index >= 15 is 0 Å². The van der Waals surface area contributed by atoms with Crippen molar-refractivity contribution in [1.29, 1.82) is 0 Å². The number of fused-ring (bicyclic) bond motifs is 4. The van der Waals surface area contributed by atoms with Gasteiger partial charge in [-0.25, -0.2) is 0 Å². The average molecular weight is 562 g/mol. The maximum Gasteiger partial charge on any atom is 0.254 e. The summed E-state index contributed by atoms with van der Waals surface area (Å²) in [5.41, 5.74) is 5.44. The summed E-state index contributed by atoms with van der Waals surface area (Å²) in [5.74, 6) is 1.84. The average Bonchev–Trinajstić information content (AvgIpc) is 3.06. The van der Waals surface area contributed by atoms with Crippen LogP contribution in [0.3, 0.4) is 0 Å². The number of benzene rings is 2. The van der Waals surface area contributed by atoms with Gasteiger partial charge in [-0.2, -0.15) is 10.6 Å². The zero-order valence-corrected chi connectivity index (χ0v) is 24.8. The number of allylic oxidation sites excluding steroid dienone is 1. The van der Waals surface area contributed by atoms with Crippen LogP contribution in [0, 0.1) is 24.7 Å². The Morgan fingerprint density at radius 3 is 2.85 bits per heavy atom. The van der Waals surface area contributed by atoms with E-state index in [1.54, 1.807) is 6.07 Å². The molecule has 4 aliphatic rings. The van der Waals surface area contributed by atoms with E-state index in [0.29, 0.717) is 29.8 Å². The number of carbonyl (C=O) groups excluding carboxylic acids is 1. The molecule has 6 rings (SSSR count). The van der Waals surface area contributed by atoms with Crippen LogP contribution in [0.2, 0.25) is 0 Å². The maximum atomic E-state index is 13.1. The first-order valence-electron chi connectivity index (χ1n) is 14.8. The second kappa shape index (κ2) is 11.3. The second-order valence-corrected chi connectivity index (χ2v) is 13.7. The molecule has 1 saturated carbocycles. The molecule has 2 heterocycles. The highest BCUT2D eigenvalue weighted by Crippen LogP contribution is 2.46. The third kappa shape index (κ3) is 5.35. The number of methoxy groups -OCH3 is 1. The van der Waals surface area contributed by atoms with Gasteiger partial charge in [-0.15, -0.1) is 0 Å². The molecule has 7 heteroatoms. The quantitative estimate of drug-likeness (QED) is 0.298. The highest BCUT2D eigenvalue weighted by Gasteiger charge is 2.44. The Kier molecular flexibility index (Phi) is 7.79. The number of amides is 1. The zero-order chi connectivity index (χ0) is 27.9. The summed E-state index contributed by atoms with van der Waals surface area (Å²) in [6.07, 6.45) is 10.8. The molecule has 1 fully saturated rings. The summed E-state index contributed by atoms with van der Waals surface area (Å²) >= 11 is 0. The summed E-state index contributed by atoms with van der Waals surface area (Å²) < 4.78 is 29.4. The van der Waals surface area contributed by atoms with E-state index in [1.165, 1.54) is 16.7 Å². The van der Waals surface area contributed by atoms with Crippen molar-refractivity contribution in [3.8, 4) is 5.75 Å². The fourth-order valence-electron chi connectivity index (χ4n) is 7.28. The molecule has 214 valence electrons. The van der Waals surface area contributed by atoms with Gasteiger partial charge in [-0.1, -0.05) is 54.5 Å². The topological polar surface area (TPSA) is 68.2 Å². The van der Waals surface area contributed by atoms with Crippen LogP contribution >= 0.6 is 0 Å². The van der Waals surface area contributed by atoms with Crippen molar-refractivity contribution in [2.45, 2.75) is 63.9 Å². The SMILES string of the molecule is CO[C@H]1/C=C/C[C@H](C)C[S-](=O)=NC(=O)c2ccc3c(c2)N(C[C@@H]2CC[C@H]21)C[C@@]1(CCCc2cc(C)ccc21)CO3. The Bertz CT molecular complexity index is 1400. The Morgan fingerprint density at radius 1 is 1.18 bits per heavy atom. The summed E-state index contributed by atoms with van der Waals surface area (Å²) in [6.45, 7) is 6.56. The lowest BCUT2D eigenvalue weighted by Gasteiger charge is -2.46. The van der Waals surface area contributed by atoms with Gasteiger partial charge in [0.25, 0.3) is 5.91 Å². The van der Waals surface area contributed by atoms with Gasteiger partial charge in [-0.3, -0.25) is 4.79 Å². The number of aryl methyl sites for hydroxylation is 2. The van der Waals surface area contributed by atoms with Crippen molar-refractivity contribution in [1.82, 2.24) is 0 Å². The monoisotopic (exact) mass is 561 g/mol. The van der Waals surface area contributed by atoms with Gasteiger partial charge in [0.05, 0.1) is 18.4 Å². The third-order valence-corrected chi connectivity index (χ3v) is 10.8. The minimum atomic E-state index is -1.57. The van der Waals surface area contributed by atoms with Crippen molar-refractivity contribution in [3.63, 3.8) is 0 Å². The van der Waals surface area contributed by atoms with Crippen LogP contribution in [0.25, 0.3) is 0 Å². The highest BCUT2D eigenvalue weighted by molar-refractivity contribution is 7.75. The molecule has 40 heavy (non-hydrogen) atoms. The van der Waals surface area contributed by atoms with Gasteiger partial charge in [0.2, 0.25) is 0 Å². The van der Waals surface area contributed by atoms with Crippen LogP contribution in [0.5, 0.6) is 5.75 Å². The fourth-order valence-corrected chi connectivity index (χ4v) is 8.27. The minimum Gasteiger partial charge on any atom is -0.490 e. The highest BCUT2D eigenvalue weighted by atomic mass is 32.2. The first-order chi connectivity index (χ1) is 19.3. The lowest BCUT2D eigenvalue weighted by molar-refractivity contribution is 0.0131. The van der Waals surface area contributed by atoms with Crippen LogP contribution in [0.15, 0.2) is 52.9 Å². The number of nitrogens with zero attached hydrogens (tertiary/aromatic N) is 2. The molecule has 2 aromatic rings. The van der Waals surface area contributed by atoms with Gasteiger partial charge < -0.3 is 22.9 Å². The number of anilines is 1. The predicted molar refractivity (Wildman–Crippen MR) is 160 cm³/mol. The summed E-state index contributed by atoms with van der Waals surface area (Å²) in [4.78, 5) is 15.6. The van der Waals surface area contributed by atoms with Crippen molar-refractivity contribution < 1.29 is 18.5 Å². The Morgan fingerprint density at radius 2 is 2.05 bits per heavy atom. The van der Waals surface area contributed by atoms with E-state index < -0.39 is 16.5 Å². The molecule has 5 atom stereocenters. The van der Waals surface area contributed by atoms with Crippen molar-refractivity contribution >= 4 is 22.2 Å². The van der Waals surface area contributed by atoms with Crippen LogP contribution in [0.4, 0.5) is 5.69 Å². The predicted octanol–water partition coefficient (Wildman–Crippen LogP) is 6.39. The first kappa shape index (κ1) is 27.5. The van der Waals surface area contributed by atoms with Crippen LogP contribution < -0.4 is 9.64 Å². The Hall–Kier alpha value is -2.64. The standard InChI is InChI=1S/C33H41N2O4S/c1-22-9-13-28-24(16-22)7-5-15-33(28)20-35-18-26-10-12-27(26)30(38-3)8-4-6-23(2)19-40(37)34-32(36)25-11-14-31(39-21-33)29(35)17-25/h4,8-9,11,13-14,16-17,23,26-27,30H,5-7,10,12,15,18-21H2,1-3H3/q-1/b8-4+/t23-,26-,27+,30-,33-/m0/s1. The molecule has 2 aliphatic carbocycles. The Balaban J connectivity index is 1.43. The summed E-state index contributed by atoms with van der Waals surface area (Å²) in [6, 6.07) is 12.5. The number of hydrogen-bond donors (Lipinski definition) is 0. The first-order valence-corrected chi connectivity index (χ1v) is 16.1. The molecule has 2 bridgehead atoms. The van der Waals surface area contributed by atoms with Crippen molar-refractivity contribution in [3.05, 3.63) is 70.8 Å². The van der Waals surface area contributed by atoms with Gasteiger partial charge in [-0.05, 0) is 86.6 Å². The van der Waals surface area contributed by atoms with Crippen LogP contribution in [-0.2, 0) is 31.4 Å². The van der Waals surface area contributed by atoms with E-state index in [9.17, 15) is 9.00 Å². The molecule has 6 nitrogen and oxygen atoms in total. The molecular formula is C33H41N2O4S-. The molecule has 2 aliphatic heterocycles. The van der Waals surface area contributed by atoms with Crippen LogP contribution in [0.1, 0.15) is 66.1 Å². The molecule has 0 saturated heterocycles. The molecule has 1 amide bonds. The van der Waals surface area contributed by atoms with Gasteiger partial charge in [0.1, 0.15) is 5.75 Å². The van der Waals surface area contributed by atoms with E-state index in [2.05, 4.69) is 53.5 Å². The zero-order valence-electron chi connectivity index (χ0n) is 23.9. The Labute approximate surface area is 240 Å². The number of carbonyl (C=O) groups is 1. The number of ether oxygens (including phenoxy) is 2. The minimum absolute atomic E-state index is 0.0667. The van der Waals surface area contributed by atoms with E-state index in [-0.39, 0.29) is 17.4 Å².